The van der Waals surface area contributed by atoms with Gasteiger partial charge in [-0.3, -0.25) is 4.79 Å². The van der Waals surface area contributed by atoms with E-state index in [4.69, 9.17) is 4.74 Å². The predicted octanol–water partition coefficient (Wildman–Crippen LogP) is 3.56. The zero-order valence-corrected chi connectivity index (χ0v) is 12.1. The largest absolute Gasteiger partial charge is 0.480 e. The van der Waals surface area contributed by atoms with Gasteiger partial charge >= 0.3 is 0 Å². The molecule has 1 aromatic carbocycles. The number of Topliss-reactive ketones (excluding diaryl/α,β-unsaturated/α-hetero) is 1. The van der Waals surface area contributed by atoms with Gasteiger partial charge in [-0.15, -0.1) is 0 Å². The Kier molecular flexibility index (Phi) is 4.44. The van der Waals surface area contributed by atoms with E-state index in [1.54, 1.807) is 6.07 Å². The Morgan fingerprint density at radius 3 is 2.80 bits per heavy atom. The SMILES string of the molecule is COc1ncccc1C(=O)Cc1c(F)ccc(Br)c1F. The molecule has 1 aromatic heterocycles. The standard InChI is InChI=1S/C14H10BrF2NO2/c1-20-14-8(3-2-6-18-14)12(19)7-9-11(16)5-4-10(15)13(9)17/h2-6H,7H2,1H3. The molecule has 3 nitrogen and oxygen atoms in total. The lowest BCUT2D eigenvalue weighted by Crippen LogP contribution is -2.10. The Labute approximate surface area is 122 Å². The average Bonchev–Trinajstić information content (AvgIpc) is 2.47. The summed E-state index contributed by atoms with van der Waals surface area (Å²) in [5.41, 5.74) is -0.0935. The van der Waals surface area contributed by atoms with Crippen LogP contribution in [0.3, 0.4) is 0 Å². The minimum absolute atomic E-state index is 0.111. The molecule has 0 saturated heterocycles. The molecule has 2 aromatic rings. The third-order valence-corrected chi connectivity index (χ3v) is 3.35. The van der Waals surface area contributed by atoms with Gasteiger partial charge in [0.1, 0.15) is 11.6 Å². The van der Waals surface area contributed by atoms with Crippen molar-refractivity contribution in [2.45, 2.75) is 6.42 Å². The number of pyridine rings is 1. The lowest BCUT2D eigenvalue weighted by atomic mass is 10.0. The second-order valence-electron chi connectivity index (χ2n) is 3.98. The Morgan fingerprint density at radius 2 is 2.10 bits per heavy atom. The van der Waals surface area contributed by atoms with E-state index in [0.29, 0.717) is 0 Å². The molecule has 0 bridgehead atoms. The second-order valence-corrected chi connectivity index (χ2v) is 4.84. The van der Waals surface area contributed by atoms with Crippen LogP contribution >= 0.6 is 15.9 Å². The number of halogens is 3. The second kappa shape index (κ2) is 6.09. The minimum Gasteiger partial charge on any atom is -0.480 e. The lowest BCUT2D eigenvalue weighted by molar-refractivity contribution is 0.0987. The normalized spacial score (nSPS) is 10.4. The van der Waals surface area contributed by atoms with Crippen LogP contribution in [0.4, 0.5) is 8.78 Å². The van der Waals surface area contributed by atoms with Gasteiger partial charge in [-0.05, 0) is 40.2 Å². The highest BCUT2D eigenvalue weighted by Gasteiger charge is 2.19. The van der Waals surface area contributed by atoms with Gasteiger partial charge in [0.25, 0.3) is 0 Å². The quantitative estimate of drug-likeness (QED) is 0.630. The van der Waals surface area contributed by atoms with Crippen LogP contribution in [0.5, 0.6) is 5.88 Å². The highest BCUT2D eigenvalue weighted by atomic mass is 79.9. The molecule has 0 aliphatic carbocycles. The van der Waals surface area contributed by atoms with Crippen LogP contribution in [0.1, 0.15) is 15.9 Å². The van der Waals surface area contributed by atoms with E-state index in [0.717, 1.165) is 6.07 Å². The molecule has 2 rings (SSSR count). The molecule has 0 N–H and O–H groups in total. The molecule has 0 unspecified atom stereocenters. The Hall–Kier alpha value is -1.82. The van der Waals surface area contributed by atoms with Gasteiger partial charge in [-0.25, -0.2) is 13.8 Å². The molecule has 20 heavy (non-hydrogen) atoms. The molecule has 0 aliphatic heterocycles. The summed E-state index contributed by atoms with van der Waals surface area (Å²) in [5, 5.41) is 0. The fourth-order valence-corrected chi connectivity index (χ4v) is 2.12. The number of aromatic nitrogens is 1. The lowest BCUT2D eigenvalue weighted by Gasteiger charge is -2.08. The first-order valence-electron chi connectivity index (χ1n) is 5.69. The first-order valence-corrected chi connectivity index (χ1v) is 6.48. The highest BCUT2D eigenvalue weighted by Crippen LogP contribution is 2.24. The van der Waals surface area contributed by atoms with Crippen molar-refractivity contribution >= 4 is 21.7 Å². The van der Waals surface area contributed by atoms with Crippen LogP contribution in [-0.4, -0.2) is 17.9 Å². The van der Waals surface area contributed by atoms with Gasteiger partial charge in [0.15, 0.2) is 5.78 Å². The van der Waals surface area contributed by atoms with Crippen LogP contribution in [0.15, 0.2) is 34.9 Å². The molecule has 104 valence electrons. The first kappa shape index (κ1) is 14.6. The summed E-state index contributed by atoms with van der Waals surface area (Å²) in [6, 6.07) is 5.42. The number of hydrogen-bond acceptors (Lipinski definition) is 3. The van der Waals surface area contributed by atoms with Gasteiger partial charge in [0.2, 0.25) is 5.88 Å². The topological polar surface area (TPSA) is 39.2 Å². The number of hydrogen-bond donors (Lipinski definition) is 0. The third-order valence-electron chi connectivity index (χ3n) is 2.74. The summed E-state index contributed by atoms with van der Waals surface area (Å²) in [7, 11) is 1.37. The maximum Gasteiger partial charge on any atom is 0.224 e. The molecule has 1 heterocycles. The number of nitrogens with zero attached hydrogens (tertiary/aromatic N) is 1. The van der Waals surface area contributed by atoms with E-state index >= 15 is 0 Å². The maximum absolute atomic E-state index is 13.8. The van der Waals surface area contributed by atoms with Crippen molar-refractivity contribution in [2.75, 3.05) is 7.11 Å². The molecule has 0 atom stereocenters. The van der Waals surface area contributed by atoms with Crippen molar-refractivity contribution in [3.05, 3.63) is 57.7 Å². The molecule has 6 heteroatoms. The minimum atomic E-state index is -0.777. The Morgan fingerprint density at radius 1 is 1.35 bits per heavy atom. The Bertz CT molecular complexity index is 662. The van der Waals surface area contributed by atoms with Crippen LogP contribution in [0.2, 0.25) is 0 Å². The van der Waals surface area contributed by atoms with Crippen molar-refractivity contribution in [1.29, 1.82) is 0 Å². The van der Waals surface area contributed by atoms with Gasteiger partial charge in [-0.1, -0.05) is 0 Å². The monoisotopic (exact) mass is 341 g/mol. The van der Waals surface area contributed by atoms with Crippen molar-refractivity contribution < 1.29 is 18.3 Å². The summed E-state index contributed by atoms with van der Waals surface area (Å²) >= 11 is 2.96. The number of methoxy groups -OCH3 is 1. The number of ether oxygens (including phenoxy) is 1. The zero-order valence-electron chi connectivity index (χ0n) is 10.5. The third kappa shape index (κ3) is 2.85. The number of ketones is 1. The molecule has 0 aliphatic rings. The number of rotatable bonds is 4. The van der Waals surface area contributed by atoms with E-state index in [1.165, 1.54) is 25.4 Å². The predicted molar refractivity (Wildman–Crippen MR) is 72.9 cm³/mol. The fraction of sp³-hybridized carbons (Fsp3) is 0.143. The summed E-state index contributed by atoms with van der Waals surface area (Å²) in [5.74, 6) is -1.87. The van der Waals surface area contributed by atoms with Crippen molar-refractivity contribution in [1.82, 2.24) is 4.98 Å². The fourth-order valence-electron chi connectivity index (χ4n) is 1.75. The van der Waals surface area contributed by atoms with Gasteiger partial charge in [0, 0.05) is 18.2 Å². The summed E-state index contributed by atoms with van der Waals surface area (Å²) < 4.78 is 32.5. The van der Waals surface area contributed by atoms with Crippen LogP contribution in [0.25, 0.3) is 0 Å². The molecule has 0 fully saturated rings. The molecular formula is C14H10BrF2NO2. The van der Waals surface area contributed by atoms with E-state index in [2.05, 4.69) is 20.9 Å². The molecular weight excluding hydrogens is 332 g/mol. The molecule has 0 spiro atoms. The molecule has 0 radical (unpaired) electrons. The number of carbonyl (C=O) groups is 1. The summed E-state index contributed by atoms with van der Waals surface area (Å²) in [6.45, 7) is 0. The van der Waals surface area contributed by atoms with Crippen molar-refractivity contribution in [3.8, 4) is 5.88 Å². The molecule has 0 saturated carbocycles. The van der Waals surface area contributed by atoms with Crippen molar-refractivity contribution in [2.24, 2.45) is 0 Å². The smallest absolute Gasteiger partial charge is 0.224 e. The zero-order chi connectivity index (χ0) is 14.7. The van der Waals surface area contributed by atoms with Crippen LogP contribution < -0.4 is 4.74 Å². The van der Waals surface area contributed by atoms with Crippen LogP contribution in [-0.2, 0) is 6.42 Å². The summed E-state index contributed by atoms with van der Waals surface area (Å²) in [6.07, 6.45) is 1.06. The maximum atomic E-state index is 13.8. The number of benzene rings is 1. The first-order chi connectivity index (χ1) is 9.54. The highest BCUT2D eigenvalue weighted by molar-refractivity contribution is 9.10. The van der Waals surface area contributed by atoms with Gasteiger partial charge in [0.05, 0.1) is 17.1 Å². The van der Waals surface area contributed by atoms with Gasteiger partial charge in [-0.2, -0.15) is 0 Å². The average molecular weight is 342 g/mol. The number of carbonyl (C=O) groups excluding carboxylic acids is 1. The van der Waals surface area contributed by atoms with Gasteiger partial charge < -0.3 is 4.74 Å². The van der Waals surface area contributed by atoms with E-state index in [-0.39, 0.29) is 21.5 Å². The Balaban J connectivity index is 2.35. The van der Waals surface area contributed by atoms with E-state index in [9.17, 15) is 13.6 Å². The van der Waals surface area contributed by atoms with Crippen molar-refractivity contribution in [3.63, 3.8) is 0 Å². The molecule has 0 amide bonds. The van der Waals surface area contributed by atoms with E-state index in [1.807, 2.05) is 0 Å². The summed E-state index contributed by atoms with van der Waals surface area (Å²) in [4.78, 5) is 16.0. The van der Waals surface area contributed by atoms with Crippen LogP contribution in [0, 0.1) is 11.6 Å². The van der Waals surface area contributed by atoms with E-state index < -0.39 is 23.8 Å².